The molecule has 2 aliphatic rings. The third kappa shape index (κ3) is 3.66. The number of rotatable bonds is 3. The van der Waals surface area contributed by atoms with Crippen molar-refractivity contribution in [3.8, 4) is 0 Å². The molecule has 2 aromatic heterocycles. The van der Waals surface area contributed by atoms with Crippen LogP contribution in [0.1, 0.15) is 10.5 Å². The average Bonchev–Trinajstić information content (AvgIpc) is 2.84. The van der Waals surface area contributed by atoms with Crippen LogP contribution in [0.4, 0.5) is 11.5 Å². The van der Waals surface area contributed by atoms with Gasteiger partial charge in [-0.3, -0.25) is 9.78 Å². The van der Waals surface area contributed by atoms with Gasteiger partial charge in [0.2, 0.25) is 0 Å². The van der Waals surface area contributed by atoms with E-state index < -0.39 is 0 Å². The molecule has 0 N–H and O–H groups in total. The number of hydrogen-bond donors (Lipinski definition) is 0. The van der Waals surface area contributed by atoms with E-state index in [1.807, 2.05) is 35.2 Å². The SMILES string of the molecule is O=C(c1nccc2ccccc12)N1CCN(c2cnnc(N3CCOCC3)c2)CC1. The summed E-state index contributed by atoms with van der Waals surface area (Å²) in [5.74, 6) is 0.877. The van der Waals surface area contributed by atoms with Crippen LogP contribution in [0.25, 0.3) is 10.8 Å². The van der Waals surface area contributed by atoms with Gasteiger partial charge >= 0.3 is 0 Å². The van der Waals surface area contributed by atoms with Gasteiger partial charge < -0.3 is 19.4 Å². The van der Waals surface area contributed by atoms with Gasteiger partial charge in [0.05, 0.1) is 25.1 Å². The summed E-state index contributed by atoms with van der Waals surface area (Å²) in [5, 5.41) is 10.4. The van der Waals surface area contributed by atoms with Gasteiger partial charge in [-0.2, -0.15) is 5.10 Å². The number of morpholine rings is 1. The monoisotopic (exact) mass is 404 g/mol. The van der Waals surface area contributed by atoms with E-state index in [4.69, 9.17) is 4.74 Å². The molecule has 0 radical (unpaired) electrons. The van der Waals surface area contributed by atoms with Crippen molar-refractivity contribution >= 4 is 28.2 Å². The lowest BCUT2D eigenvalue weighted by Gasteiger charge is -2.36. The molecule has 0 unspecified atom stereocenters. The first-order valence-electron chi connectivity index (χ1n) is 10.3. The van der Waals surface area contributed by atoms with Crippen molar-refractivity contribution in [3.05, 3.63) is 54.5 Å². The Morgan fingerprint density at radius 3 is 2.57 bits per heavy atom. The summed E-state index contributed by atoms with van der Waals surface area (Å²) >= 11 is 0. The maximum atomic E-state index is 13.1. The molecule has 0 aliphatic carbocycles. The normalized spacial score (nSPS) is 17.4. The average molecular weight is 404 g/mol. The standard InChI is InChI=1S/C22H24N6O2/c29-22(21-19-4-2-1-3-17(19)5-6-23-21)28-9-7-26(8-10-28)18-15-20(25-24-16-18)27-11-13-30-14-12-27/h1-6,15-16H,7-14H2. The summed E-state index contributed by atoms with van der Waals surface area (Å²) in [6.07, 6.45) is 3.51. The second-order valence-corrected chi connectivity index (χ2v) is 7.53. The van der Waals surface area contributed by atoms with E-state index in [1.54, 1.807) is 12.4 Å². The summed E-state index contributed by atoms with van der Waals surface area (Å²) in [4.78, 5) is 23.9. The summed E-state index contributed by atoms with van der Waals surface area (Å²) in [6, 6.07) is 11.9. The molecule has 5 rings (SSSR count). The molecule has 0 bridgehead atoms. The van der Waals surface area contributed by atoms with Crippen LogP contribution in [0.2, 0.25) is 0 Å². The molecule has 4 heterocycles. The zero-order chi connectivity index (χ0) is 20.3. The third-order valence-electron chi connectivity index (χ3n) is 5.77. The number of fused-ring (bicyclic) bond motifs is 1. The molecule has 1 aromatic carbocycles. The number of anilines is 2. The van der Waals surface area contributed by atoms with Gasteiger partial charge in [-0.1, -0.05) is 24.3 Å². The highest BCUT2D eigenvalue weighted by molar-refractivity contribution is 6.05. The molecule has 2 fully saturated rings. The van der Waals surface area contributed by atoms with E-state index in [-0.39, 0.29) is 5.91 Å². The predicted octanol–water partition coefficient (Wildman–Crippen LogP) is 1.82. The van der Waals surface area contributed by atoms with Crippen LogP contribution < -0.4 is 9.80 Å². The van der Waals surface area contributed by atoms with Crippen molar-refractivity contribution in [2.45, 2.75) is 0 Å². The zero-order valence-electron chi connectivity index (χ0n) is 16.8. The number of ether oxygens (including phenoxy) is 1. The molecule has 3 aromatic rings. The Morgan fingerprint density at radius 2 is 1.73 bits per heavy atom. The van der Waals surface area contributed by atoms with Crippen LogP contribution in [-0.2, 0) is 4.74 Å². The number of benzene rings is 1. The highest BCUT2D eigenvalue weighted by Gasteiger charge is 2.25. The zero-order valence-corrected chi connectivity index (χ0v) is 16.8. The Kier molecular flexibility index (Phi) is 5.15. The number of piperazine rings is 1. The number of nitrogens with zero attached hydrogens (tertiary/aromatic N) is 6. The van der Waals surface area contributed by atoms with E-state index in [0.717, 1.165) is 61.7 Å². The number of carbonyl (C=O) groups excluding carboxylic acids is 1. The van der Waals surface area contributed by atoms with Gasteiger partial charge in [0.25, 0.3) is 5.91 Å². The molecular formula is C22H24N6O2. The Hall–Kier alpha value is -3.26. The molecule has 30 heavy (non-hydrogen) atoms. The number of pyridine rings is 1. The van der Waals surface area contributed by atoms with Crippen LogP contribution in [0.15, 0.2) is 48.8 Å². The fourth-order valence-electron chi connectivity index (χ4n) is 4.07. The number of carbonyl (C=O) groups is 1. The fourth-order valence-corrected chi connectivity index (χ4v) is 4.07. The molecule has 8 nitrogen and oxygen atoms in total. The molecule has 154 valence electrons. The Balaban J connectivity index is 1.28. The van der Waals surface area contributed by atoms with Gasteiger partial charge in [-0.25, -0.2) is 0 Å². The van der Waals surface area contributed by atoms with Gasteiger partial charge in [-0.15, -0.1) is 5.10 Å². The molecule has 0 spiro atoms. The molecule has 2 saturated heterocycles. The molecule has 0 atom stereocenters. The Morgan fingerprint density at radius 1 is 0.933 bits per heavy atom. The second-order valence-electron chi connectivity index (χ2n) is 7.53. The lowest BCUT2D eigenvalue weighted by Crippen LogP contribution is -2.49. The molecule has 0 saturated carbocycles. The smallest absolute Gasteiger partial charge is 0.273 e. The van der Waals surface area contributed by atoms with Crippen molar-refractivity contribution in [2.75, 3.05) is 62.3 Å². The molecular weight excluding hydrogens is 380 g/mol. The lowest BCUT2D eigenvalue weighted by atomic mass is 10.1. The van der Waals surface area contributed by atoms with Gasteiger partial charge in [-0.05, 0) is 11.5 Å². The van der Waals surface area contributed by atoms with E-state index in [0.29, 0.717) is 18.8 Å². The second kappa shape index (κ2) is 8.23. The van der Waals surface area contributed by atoms with Crippen LogP contribution in [0, 0.1) is 0 Å². The first kappa shape index (κ1) is 18.7. The van der Waals surface area contributed by atoms with Crippen molar-refractivity contribution in [1.29, 1.82) is 0 Å². The number of aromatic nitrogens is 3. The maximum Gasteiger partial charge on any atom is 0.273 e. The Labute approximate surface area is 175 Å². The molecule has 2 aliphatic heterocycles. The third-order valence-corrected chi connectivity index (χ3v) is 5.77. The summed E-state index contributed by atoms with van der Waals surface area (Å²) in [6.45, 7) is 5.91. The Bertz CT molecular complexity index is 1040. The number of hydrogen-bond acceptors (Lipinski definition) is 7. The maximum absolute atomic E-state index is 13.1. The first-order valence-corrected chi connectivity index (χ1v) is 10.3. The summed E-state index contributed by atoms with van der Waals surface area (Å²) < 4.78 is 5.42. The lowest BCUT2D eigenvalue weighted by molar-refractivity contribution is 0.0743. The van der Waals surface area contributed by atoms with Crippen LogP contribution in [0.3, 0.4) is 0 Å². The minimum atomic E-state index is -0.00620. The van der Waals surface area contributed by atoms with Crippen LogP contribution in [-0.4, -0.2) is 78.5 Å². The van der Waals surface area contributed by atoms with Gasteiger partial charge in [0, 0.05) is 56.9 Å². The topological polar surface area (TPSA) is 74.7 Å². The summed E-state index contributed by atoms with van der Waals surface area (Å²) in [7, 11) is 0. The number of amides is 1. The predicted molar refractivity (Wildman–Crippen MR) is 115 cm³/mol. The van der Waals surface area contributed by atoms with Crippen LogP contribution in [0.5, 0.6) is 0 Å². The largest absolute Gasteiger partial charge is 0.378 e. The van der Waals surface area contributed by atoms with E-state index in [9.17, 15) is 4.79 Å². The van der Waals surface area contributed by atoms with Crippen molar-refractivity contribution in [2.24, 2.45) is 0 Å². The fraction of sp³-hybridized carbons (Fsp3) is 0.364. The quantitative estimate of drug-likeness (QED) is 0.659. The highest BCUT2D eigenvalue weighted by Crippen LogP contribution is 2.23. The van der Waals surface area contributed by atoms with E-state index >= 15 is 0 Å². The van der Waals surface area contributed by atoms with E-state index in [1.165, 1.54) is 0 Å². The highest BCUT2D eigenvalue weighted by atomic mass is 16.5. The molecule has 1 amide bonds. The van der Waals surface area contributed by atoms with Crippen LogP contribution >= 0.6 is 0 Å². The summed E-state index contributed by atoms with van der Waals surface area (Å²) in [5.41, 5.74) is 1.57. The van der Waals surface area contributed by atoms with Crippen molar-refractivity contribution in [1.82, 2.24) is 20.1 Å². The molecule has 8 heteroatoms. The van der Waals surface area contributed by atoms with Gasteiger partial charge in [0.1, 0.15) is 5.69 Å². The van der Waals surface area contributed by atoms with Crippen molar-refractivity contribution < 1.29 is 9.53 Å². The first-order chi connectivity index (χ1) is 14.8. The van der Waals surface area contributed by atoms with Crippen molar-refractivity contribution in [3.63, 3.8) is 0 Å². The minimum absolute atomic E-state index is 0.00620. The van der Waals surface area contributed by atoms with E-state index in [2.05, 4.69) is 31.0 Å². The van der Waals surface area contributed by atoms with Gasteiger partial charge in [0.15, 0.2) is 5.82 Å². The minimum Gasteiger partial charge on any atom is -0.378 e.